The number of unbranched alkanes of at least 4 members (excludes halogenated alkanes) is 3. The third kappa shape index (κ3) is 26.0. The van der Waals surface area contributed by atoms with Gasteiger partial charge in [0.25, 0.3) is 0 Å². The molecule has 132 heavy (non-hydrogen) atoms. The number of aryl methyl sites for hydroxylation is 1. The first-order valence-electron chi connectivity index (χ1n) is 44.5. The molecule has 37 nitrogen and oxygen atoms in total. The Hall–Kier alpha value is -6.22. The van der Waals surface area contributed by atoms with E-state index in [2.05, 4.69) is 174 Å². The molecule has 5 aliphatic rings. The standard InChI is InChI=1S/C20H33N4O3PS.C19H31N4O3PS.C18H29N4O3PS.2C15H24N5O3P/c1-5-6-7-12-29-20-23-15-13(21)8-10-22-18(15)24(20)19-17(26)16(25)14(27-19)9-11-28(2,3)4;1-5-6-11-28-19-22-14-12(20)7-9-21-17(14)23(19)18-16(25)15(24)13(26-18)8-10-27(2,3)4;1-5-27-10-13-21-14-11(19)6-8-20-17(14)22(13)18-16(24)15(23)12(25-18)7-9-26(2,3)4;1-8-18-13(16)10-14(19-8)20(7-17-10)15-12(22)11(21)9(23-15)5-6-24(2,3)4;1-24(2,3)7-5-9-11(21)12(22)14(23-9)20-13-10(19-15(20)17)8(16)4-6-18-13/h8,10,14,16-17,19,25-26H,2,5-7,9,11-12H2,1,3-4H3,(H2,21,22);7,9,13,15-16,18,24-25H,2,5-6,8,10-11H2,1,3-4H3,(H2,20,21);6,8,12,15-16,18,23-24H,2,5,7,9-10H2,1,3-4H3,(H2,19,20);7,9,11-12,15,21-22H,2,5-6H2,1,3-4H3,(H2,16,18,19);4,6,9,11-12,14,21-22H,1,5,7H2,2-3H3,(H2,16,18)(H2,17,19)/t14-,16-,17-,19?;13-,15-,16-,18?;12-,15-,16-,18?;9-,11-,12-,15?;9-,11-,12-,14?/m11111/s1. The van der Waals surface area contributed by atoms with E-state index in [1.165, 1.54) is 10.9 Å². The highest BCUT2D eigenvalue weighted by Crippen LogP contribution is 2.48. The molecule has 45 heteroatoms. The zero-order valence-corrected chi connectivity index (χ0v) is 85.2. The van der Waals surface area contributed by atoms with Gasteiger partial charge in [-0.1, -0.05) is 63.6 Å². The van der Waals surface area contributed by atoms with E-state index in [1.54, 1.807) is 110 Å². The smallest absolute Gasteiger partial charge is 0.204 e. The summed E-state index contributed by atoms with van der Waals surface area (Å²) >= 11 is 4.92. The van der Waals surface area contributed by atoms with Gasteiger partial charge in [-0.15, -0.1) is 65.9 Å². The molecule has 22 N–H and O–H groups in total. The molecule has 0 bridgehead atoms. The number of nitrogens with two attached hydrogens (primary N) is 6. The summed E-state index contributed by atoms with van der Waals surface area (Å²) in [6, 6.07) is 6.77. The monoisotopic (exact) mass is 1980 g/mol. The summed E-state index contributed by atoms with van der Waals surface area (Å²) in [6.45, 7) is 23.4. The summed E-state index contributed by atoms with van der Waals surface area (Å²) in [5.41, 5.74) is 43.4. The first-order chi connectivity index (χ1) is 62.0. The summed E-state index contributed by atoms with van der Waals surface area (Å²) in [6.07, 6.45) is 25.9. The highest BCUT2D eigenvalue weighted by molar-refractivity contribution is 7.99. The number of aliphatic hydroxyl groups is 10. The Morgan fingerprint density at radius 3 is 1.05 bits per heavy atom. The fourth-order valence-corrected chi connectivity index (χ4v) is 23.4. The van der Waals surface area contributed by atoms with Crippen LogP contribution in [0.15, 0.2) is 65.7 Å². The SMILES string of the molecule is C=P(C)(C)CC[C@H]1OC(n2c(CSCC)nc3c(N)ccnc32)[C@H](O)[C@@H]1O.C=P(C)(C)CC[C@H]1OC(n2c(N)nc3c(N)ccnc32)[C@H](O)[C@@H]1O.C=P(C)(C)CC[C@H]1OC(n2c(SCCCC)nc3c(N)ccnc32)[C@H](O)[C@@H]1O.C=P(C)(C)CC[C@H]1OC(n2c(SCCCCC)nc3c(N)ccnc32)[C@H](O)[C@@H]1O.C=P(C)(C)CC[C@H]1OC(n2cnc3c(N)nc(C)nc32)[C@H](O)[C@@H]1O. The van der Waals surface area contributed by atoms with E-state index in [1.807, 2.05) is 0 Å². The molecule has 5 aliphatic heterocycles. The number of aliphatic hydroxyl groups excluding tert-OH is 10. The number of hydrogen-bond donors (Lipinski definition) is 16. The van der Waals surface area contributed by atoms with Gasteiger partial charge >= 0.3 is 0 Å². The number of thioether (sulfide) groups is 3. The number of rotatable bonds is 32. The van der Waals surface area contributed by atoms with E-state index in [-0.39, 0.29) is 11.8 Å². The first kappa shape index (κ1) is 106. The average molecular weight is 1990 g/mol. The van der Waals surface area contributed by atoms with Gasteiger partial charge in [-0.2, -0.15) is 11.8 Å². The molecule has 5 unspecified atom stereocenters. The normalized spacial score (nSPS) is 26.4. The second kappa shape index (κ2) is 45.1. The van der Waals surface area contributed by atoms with E-state index in [0.717, 1.165) is 86.0 Å². The number of pyridine rings is 4. The second-order valence-electron chi connectivity index (χ2n) is 37.9. The van der Waals surface area contributed by atoms with Crippen molar-refractivity contribution in [1.82, 2.24) is 77.7 Å². The number of fused-ring (bicyclic) bond motifs is 5. The summed E-state index contributed by atoms with van der Waals surface area (Å²) in [4.78, 5) is 48.4. The van der Waals surface area contributed by atoms with Gasteiger partial charge in [-0.25, -0.2) is 54.8 Å². The molecule has 10 aromatic rings. The maximum atomic E-state index is 10.8. The summed E-state index contributed by atoms with van der Waals surface area (Å²) in [5.74, 6) is 5.06. The van der Waals surface area contributed by atoms with Crippen molar-refractivity contribution in [2.24, 2.45) is 0 Å². The molecule has 5 fully saturated rings. The Morgan fingerprint density at radius 2 is 0.682 bits per heavy atom. The predicted molar refractivity (Wildman–Crippen MR) is 551 cm³/mol. The van der Waals surface area contributed by atoms with E-state index in [0.29, 0.717) is 133 Å². The number of anilines is 6. The molecule has 5 saturated heterocycles. The molecule has 15 heterocycles. The van der Waals surface area contributed by atoms with Gasteiger partial charge in [0, 0.05) is 36.3 Å². The number of aromatic nitrogens is 16. The molecule has 732 valence electrons. The van der Waals surface area contributed by atoms with Crippen molar-refractivity contribution >= 4 is 192 Å². The highest BCUT2D eigenvalue weighted by atomic mass is 32.2. The minimum absolute atomic E-state index is 0.136. The van der Waals surface area contributed by atoms with E-state index in [9.17, 15) is 51.1 Å². The van der Waals surface area contributed by atoms with Crippen LogP contribution in [0.25, 0.3) is 55.8 Å². The lowest BCUT2D eigenvalue weighted by Gasteiger charge is -2.20. The Kier molecular flexibility index (Phi) is 36.3. The van der Waals surface area contributed by atoms with Crippen LogP contribution in [-0.4, -0.2) is 366 Å². The molecular formula is C87H141N22O15P5S3. The maximum absolute atomic E-state index is 10.8. The maximum Gasteiger partial charge on any atom is 0.204 e. The van der Waals surface area contributed by atoms with Gasteiger partial charge in [-0.05, 0) is 179 Å². The zero-order chi connectivity index (χ0) is 96.7. The third-order valence-electron chi connectivity index (χ3n) is 23.3. The Labute approximate surface area is 785 Å². The van der Waals surface area contributed by atoms with Crippen LogP contribution >= 0.6 is 69.7 Å². The van der Waals surface area contributed by atoms with Gasteiger partial charge in [0.2, 0.25) is 5.95 Å². The molecule has 10 aromatic heterocycles. The van der Waals surface area contributed by atoms with Crippen molar-refractivity contribution in [3.05, 3.63) is 67.0 Å². The van der Waals surface area contributed by atoms with Crippen molar-refractivity contribution in [3.63, 3.8) is 0 Å². The zero-order valence-electron chi connectivity index (χ0n) is 78.3. The molecule has 15 rings (SSSR count). The van der Waals surface area contributed by atoms with Crippen LogP contribution in [0.1, 0.15) is 128 Å². The van der Waals surface area contributed by atoms with Gasteiger partial charge in [0.05, 0.1) is 65.3 Å². The number of nitrogens with zero attached hydrogens (tertiary/aromatic N) is 16. The largest absolute Gasteiger partial charge is 0.397 e. The summed E-state index contributed by atoms with van der Waals surface area (Å²) < 4.78 is 38.8. The van der Waals surface area contributed by atoms with Crippen LogP contribution < -0.4 is 34.4 Å². The van der Waals surface area contributed by atoms with E-state index < -0.39 is 157 Å². The fourth-order valence-electron chi connectivity index (χ4n) is 15.9. The first-order valence-corrected chi connectivity index (χ1v) is 62.9. The molecule has 0 amide bonds. The molecule has 0 saturated carbocycles. The lowest BCUT2D eigenvalue weighted by Crippen LogP contribution is -2.32. The van der Waals surface area contributed by atoms with Crippen LogP contribution in [0.5, 0.6) is 0 Å². The van der Waals surface area contributed by atoms with Gasteiger partial charge in [-0.3, -0.25) is 22.8 Å². The number of imidazole rings is 5. The third-order valence-corrected chi connectivity index (χ3v) is 33.5. The average Bonchev–Trinajstić information content (AvgIpc) is 1.60. The van der Waals surface area contributed by atoms with Crippen LogP contribution in [0.2, 0.25) is 0 Å². The van der Waals surface area contributed by atoms with Crippen LogP contribution in [0, 0.1) is 6.92 Å². The second-order valence-corrected chi connectivity index (χ2v) is 62.9. The lowest BCUT2D eigenvalue weighted by molar-refractivity contribution is -0.0400. The molecule has 0 aliphatic carbocycles. The molecular weight excluding hydrogens is 1840 g/mol. The topological polar surface area (TPSA) is 571 Å². The molecule has 20 atom stereocenters. The number of ether oxygens (including phenoxy) is 5. The van der Waals surface area contributed by atoms with Crippen molar-refractivity contribution in [1.29, 1.82) is 0 Å². The van der Waals surface area contributed by atoms with Crippen molar-refractivity contribution < 1.29 is 74.7 Å². The minimum atomic E-state index is -1.25. The van der Waals surface area contributed by atoms with E-state index >= 15 is 0 Å². The Balaban J connectivity index is 0.000000159. The van der Waals surface area contributed by atoms with Crippen molar-refractivity contribution in [2.45, 2.75) is 231 Å². The van der Waals surface area contributed by atoms with Gasteiger partial charge < -0.3 is 109 Å². The van der Waals surface area contributed by atoms with Crippen LogP contribution in [-0.2, 0) is 29.4 Å². The van der Waals surface area contributed by atoms with Crippen molar-refractivity contribution in [2.75, 3.05) is 149 Å². The minimum Gasteiger partial charge on any atom is -0.397 e. The molecule has 0 radical (unpaired) electrons. The number of hydrogen-bond acceptors (Lipinski definition) is 35. The van der Waals surface area contributed by atoms with Crippen LogP contribution in [0.4, 0.5) is 34.5 Å². The van der Waals surface area contributed by atoms with E-state index in [4.69, 9.17) is 58.1 Å². The Bertz CT molecular complexity index is 5820. The Morgan fingerprint density at radius 1 is 0.364 bits per heavy atom. The lowest BCUT2D eigenvalue weighted by atomic mass is 10.1. The van der Waals surface area contributed by atoms with Gasteiger partial charge in [0.15, 0.2) is 75.5 Å². The summed E-state index contributed by atoms with van der Waals surface area (Å²) in [5, 5.41) is 107. The van der Waals surface area contributed by atoms with Crippen LogP contribution in [0.3, 0.4) is 0 Å². The quantitative estimate of drug-likeness (QED) is 0.0107. The number of nitrogen functional groups attached to an aromatic ring is 6. The highest BCUT2D eigenvalue weighted by Gasteiger charge is 2.50. The predicted octanol–water partition coefficient (Wildman–Crippen LogP) is 8.37. The fraction of sp³-hybridized carbons (Fsp3) is 0.609. The van der Waals surface area contributed by atoms with Gasteiger partial charge in [0.1, 0.15) is 100 Å². The van der Waals surface area contributed by atoms with Crippen molar-refractivity contribution in [3.8, 4) is 0 Å². The summed E-state index contributed by atoms with van der Waals surface area (Å²) in [7, 11) is 0. The molecule has 0 spiro atoms. The molecule has 0 aromatic carbocycles.